The van der Waals surface area contributed by atoms with Crippen molar-refractivity contribution in [1.82, 2.24) is 0 Å². The summed E-state index contributed by atoms with van der Waals surface area (Å²) in [5.41, 5.74) is 0. The van der Waals surface area contributed by atoms with Gasteiger partial charge in [0.15, 0.2) is 0 Å². The maximum atomic E-state index is 12.4. The van der Waals surface area contributed by atoms with Gasteiger partial charge in [0.1, 0.15) is 0 Å². The molecule has 2 atom stereocenters. The van der Waals surface area contributed by atoms with Crippen molar-refractivity contribution in [2.75, 3.05) is 6.16 Å². The molecule has 0 fully saturated rings. The van der Waals surface area contributed by atoms with Crippen LogP contribution in [0.5, 0.6) is 0 Å². The molecule has 0 rings (SSSR count). The van der Waals surface area contributed by atoms with E-state index in [0.29, 0.717) is 5.92 Å². The smallest absolute Gasteiger partial charge is 0.0817 e. The maximum absolute atomic E-state index is 12.4. The average Bonchev–Trinajstić information content (AvgIpc) is 2.27. The van der Waals surface area contributed by atoms with Crippen molar-refractivity contribution in [2.45, 2.75) is 84.7 Å². The van der Waals surface area contributed by atoms with Crippen LogP contribution in [-0.2, 0) is 4.57 Å². The highest BCUT2D eigenvalue weighted by atomic mass is 31.1. The molecule has 0 aromatic rings. The zero-order valence-electron chi connectivity index (χ0n) is 12.6. The van der Waals surface area contributed by atoms with Crippen LogP contribution in [0.15, 0.2) is 0 Å². The van der Waals surface area contributed by atoms with Gasteiger partial charge in [-0.25, -0.2) is 0 Å². The largest absolute Gasteiger partial charge is 0.326 e. The Morgan fingerprint density at radius 2 is 1.65 bits per heavy atom. The van der Waals surface area contributed by atoms with Crippen LogP contribution in [0, 0.1) is 5.92 Å². The Hall–Kier alpha value is 0.230. The van der Waals surface area contributed by atoms with Crippen molar-refractivity contribution in [3.63, 3.8) is 0 Å². The molecule has 0 radical (unpaired) electrons. The van der Waals surface area contributed by atoms with Crippen LogP contribution in [0.4, 0.5) is 0 Å². The summed E-state index contributed by atoms with van der Waals surface area (Å²) in [7, 11) is -1.41. The van der Waals surface area contributed by atoms with Crippen LogP contribution in [0.25, 0.3) is 0 Å². The third kappa shape index (κ3) is 7.29. The minimum absolute atomic E-state index is 0.115. The monoisotopic (exact) mass is 260 g/mol. The van der Waals surface area contributed by atoms with E-state index in [2.05, 4.69) is 34.6 Å². The molecule has 0 aromatic carbocycles. The van der Waals surface area contributed by atoms with Crippen LogP contribution >= 0.6 is 7.80 Å². The molecule has 0 heterocycles. The fourth-order valence-corrected chi connectivity index (χ4v) is 4.75. The first-order chi connectivity index (χ1) is 7.96. The Labute approximate surface area is 110 Å². The van der Waals surface area contributed by atoms with E-state index in [4.69, 9.17) is 0 Å². The minimum atomic E-state index is -1.41. The molecule has 0 aliphatic carbocycles. The first kappa shape index (κ1) is 17.2. The third-order valence-corrected chi connectivity index (χ3v) is 6.53. The molecule has 2 unspecified atom stereocenters. The van der Waals surface area contributed by atoms with Crippen molar-refractivity contribution < 1.29 is 4.57 Å². The van der Waals surface area contributed by atoms with Crippen molar-refractivity contribution in [2.24, 2.45) is 5.92 Å². The molecule has 2 heteroatoms. The zero-order valence-corrected chi connectivity index (χ0v) is 13.6. The molecule has 0 spiro atoms. The lowest BCUT2D eigenvalue weighted by molar-refractivity contribution is 0.439. The third-order valence-electron chi connectivity index (χ3n) is 3.82. The lowest BCUT2D eigenvalue weighted by atomic mass is 9.96. The second kappa shape index (κ2) is 9.20. The van der Waals surface area contributed by atoms with Crippen LogP contribution < -0.4 is 0 Å². The van der Waals surface area contributed by atoms with Crippen molar-refractivity contribution in [1.29, 1.82) is 0 Å². The first-order valence-electron chi connectivity index (χ1n) is 7.49. The molecule has 1 nitrogen and oxygen atoms in total. The summed E-state index contributed by atoms with van der Waals surface area (Å²) in [5.74, 6) is 0.661. The molecular formula is C15H33OP. The van der Waals surface area contributed by atoms with Gasteiger partial charge in [-0.05, 0) is 31.3 Å². The Morgan fingerprint density at radius 1 is 1.06 bits per heavy atom. The molecule has 0 saturated carbocycles. The topological polar surface area (TPSA) is 17.1 Å². The summed E-state index contributed by atoms with van der Waals surface area (Å²) in [6, 6.07) is 0. The molecule has 0 saturated heterocycles. The van der Waals surface area contributed by atoms with Crippen LogP contribution in [0.3, 0.4) is 0 Å². The van der Waals surface area contributed by atoms with Gasteiger partial charge in [0.2, 0.25) is 0 Å². The fraction of sp³-hybridized carbons (Fsp3) is 1.00. The van der Waals surface area contributed by atoms with Crippen LogP contribution in [0.1, 0.15) is 79.6 Å². The van der Waals surface area contributed by atoms with Crippen LogP contribution in [0.2, 0.25) is 0 Å². The highest BCUT2D eigenvalue weighted by molar-refractivity contribution is 7.46. The standard InChI is InChI=1S/C15H33OP/c1-6-8-9-10-11-12-17(16)15(5,7-2)13-14(3)4/h14,17H,6-13H2,1-5H3. The fourth-order valence-electron chi connectivity index (χ4n) is 2.55. The van der Waals surface area contributed by atoms with E-state index in [-0.39, 0.29) is 5.16 Å². The number of rotatable bonds is 10. The number of hydrogen-bond donors (Lipinski definition) is 0. The molecule has 0 aliphatic rings. The summed E-state index contributed by atoms with van der Waals surface area (Å²) >= 11 is 0. The Kier molecular flexibility index (Phi) is 9.32. The molecule has 17 heavy (non-hydrogen) atoms. The summed E-state index contributed by atoms with van der Waals surface area (Å²) in [4.78, 5) is 0. The van der Waals surface area contributed by atoms with E-state index in [0.717, 1.165) is 19.0 Å². The van der Waals surface area contributed by atoms with Gasteiger partial charge >= 0.3 is 0 Å². The predicted octanol–water partition coefficient (Wildman–Crippen LogP) is 5.73. The summed E-state index contributed by atoms with van der Waals surface area (Å²) in [6.07, 6.45) is 9.54. The molecule has 0 N–H and O–H groups in total. The van der Waals surface area contributed by atoms with E-state index in [1.54, 1.807) is 0 Å². The van der Waals surface area contributed by atoms with E-state index in [9.17, 15) is 4.57 Å². The van der Waals surface area contributed by atoms with Gasteiger partial charge in [-0.1, -0.05) is 60.3 Å². The van der Waals surface area contributed by atoms with Crippen molar-refractivity contribution in [3.8, 4) is 0 Å². The second-order valence-corrected chi connectivity index (χ2v) is 8.65. The van der Waals surface area contributed by atoms with Gasteiger partial charge in [-0.3, -0.25) is 0 Å². The van der Waals surface area contributed by atoms with E-state index >= 15 is 0 Å². The highest BCUT2D eigenvalue weighted by Crippen LogP contribution is 2.46. The minimum Gasteiger partial charge on any atom is -0.326 e. The van der Waals surface area contributed by atoms with Crippen LogP contribution in [-0.4, -0.2) is 11.3 Å². The number of unbranched alkanes of at least 4 members (excludes halogenated alkanes) is 4. The second-order valence-electron chi connectivity index (χ2n) is 6.10. The quantitative estimate of drug-likeness (QED) is 0.362. The predicted molar refractivity (Wildman–Crippen MR) is 80.8 cm³/mol. The molecule has 104 valence electrons. The Bertz CT molecular complexity index is 213. The van der Waals surface area contributed by atoms with Gasteiger partial charge in [0.25, 0.3) is 0 Å². The number of hydrogen-bond acceptors (Lipinski definition) is 1. The molecule has 0 bridgehead atoms. The normalized spacial score (nSPS) is 17.1. The molecular weight excluding hydrogens is 227 g/mol. The van der Waals surface area contributed by atoms with Crippen molar-refractivity contribution in [3.05, 3.63) is 0 Å². The Balaban J connectivity index is 3.99. The maximum Gasteiger partial charge on any atom is 0.0817 e. The Morgan fingerprint density at radius 3 is 2.12 bits per heavy atom. The van der Waals surface area contributed by atoms with Gasteiger partial charge < -0.3 is 4.57 Å². The van der Waals surface area contributed by atoms with Crippen molar-refractivity contribution >= 4 is 7.80 Å². The average molecular weight is 260 g/mol. The summed E-state index contributed by atoms with van der Waals surface area (Å²) in [5, 5.41) is 0.115. The summed E-state index contributed by atoms with van der Waals surface area (Å²) in [6.45, 7) is 11.1. The molecule has 0 aromatic heterocycles. The van der Waals surface area contributed by atoms with E-state index < -0.39 is 7.80 Å². The van der Waals surface area contributed by atoms with E-state index in [1.165, 1.54) is 32.1 Å². The lowest BCUT2D eigenvalue weighted by Crippen LogP contribution is -2.22. The molecule has 0 aliphatic heterocycles. The van der Waals surface area contributed by atoms with Gasteiger partial charge in [0, 0.05) is 5.16 Å². The van der Waals surface area contributed by atoms with E-state index in [1.807, 2.05) is 0 Å². The van der Waals surface area contributed by atoms with Gasteiger partial charge in [-0.15, -0.1) is 0 Å². The zero-order chi connectivity index (χ0) is 13.3. The first-order valence-corrected chi connectivity index (χ1v) is 9.11. The summed E-state index contributed by atoms with van der Waals surface area (Å²) < 4.78 is 12.4. The van der Waals surface area contributed by atoms with Gasteiger partial charge in [0.05, 0.1) is 7.80 Å². The van der Waals surface area contributed by atoms with Gasteiger partial charge in [-0.2, -0.15) is 0 Å². The molecule has 0 amide bonds. The lowest BCUT2D eigenvalue weighted by Gasteiger charge is -2.29. The SMILES string of the molecule is CCCCCCC[PH](=O)C(C)(CC)CC(C)C. The highest BCUT2D eigenvalue weighted by Gasteiger charge is 2.29.